The highest BCUT2D eigenvalue weighted by molar-refractivity contribution is 5.76. The molecule has 8 atom stereocenters. The summed E-state index contributed by atoms with van der Waals surface area (Å²) >= 11 is 0. The number of carboxylic acids is 1. The molecule has 0 amide bonds. The Labute approximate surface area is 213 Å². The molecule has 0 aromatic carbocycles. The van der Waals surface area contributed by atoms with Gasteiger partial charge in [0.05, 0.1) is 12.8 Å². The molecule has 0 radical (unpaired) electrons. The summed E-state index contributed by atoms with van der Waals surface area (Å²) in [7, 11) is 0. The van der Waals surface area contributed by atoms with Gasteiger partial charge < -0.3 is 9.84 Å². The van der Waals surface area contributed by atoms with Crippen molar-refractivity contribution in [2.24, 2.45) is 46.3 Å². The normalized spacial score (nSPS) is 39.3. The van der Waals surface area contributed by atoms with Crippen LogP contribution in [0.3, 0.4) is 0 Å². The number of hydrogen-bond acceptors (Lipinski definition) is 3. The van der Waals surface area contributed by atoms with Crippen LogP contribution < -0.4 is 0 Å². The van der Waals surface area contributed by atoms with Crippen LogP contribution in [0.15, 0.2) is 11.6 Å². The molecule has 4 rings (SSSR count). The van der Waals surface area contributed by atoms with E-state index in [-0.39, 0.29) is 30.3 Å². The first-order chi connectivity index (χ1) is 16.5. The molecular formula is C31H50O4. The van der Waals surface area contributed by atoms with E-state index >= 15 is 0 Å². The van der Waals surface area contributed by atoms with Crippen LogP contribution in [0.2, 0.25) is 0 Å². The van der Waals surface area contributed by atoms with Gasteiger partial charge in [0.2, 0.25) is 0 Å². The Morgan fingerprint density at radius 1 is 1.03 bits per heavy atom. The van der Waals surface area contributed by atoms with Crippen molar-refractivity contribution in [3.8, 4) is 0 Å². The number of allylic oxidation sites excluding steroid dienone is 1. The summed E-state index contributed by atoms with van der Waals surface area (Å²) in [5, 5.41) is 8.84. The first kappa shape index (κ1) is 26.7. The monoisotopic (exact) mass is 486 g/mol. The fraction of sp³-hybridized carbons (Fsp3) is 0.871. The lowest BCUT2D eigenvalue weighted by molar-refractivity contribution is -0.154. The largest absolute Gasteiger partial charge is 0.481 e. The lowest BCUT2D eigenvalue weighted by Gasteiger charge is -2.58. The molecule has 198 valence electrons. The number of ether oxygens (including phenoxy) is 1. The average molecular weight is 487 g/mol. The fourth-order valence-electron chi connectivity index (χ4n) is 9.21. The molecule has 1 N–H and O–H groups in total. The van der Waals surface area contributed by atoms with E-state index in [4.69, 9.17) is 9.84 Å². The van der Waals surface area contributed by atoms with Crippen LogP contribution in [0, 0.1) is 46.3 Å². The SMILES string of the molecule is CC(C)CCC[C@@H](C)[C@H]1CC[C@@H]2[C@@H]3CC=C4C[C@@H](OC(=O)CCC(=O)O)CC[C@]4(C)[C@@H]3CC[C@@]21C. The van der Waals surface area contributed by atoms with E-state index in [1.807, 2.05) is 0 Å². The third-order valence-electron chi connectivity index (χ3n) is 11.1. The van der Waals surface area contributed by atoms with E-state index in [0.717, 1.165) is 54.8 Å². The molecule has 0 spiro atoms. The number of carbonyl (C=O) groups is 2. The minimum absolute atomic E-state index is 0.0236. The molecule has 3 fully saturated rings. The first-order valence-electron chi connectivity index (χ1n) is 14.7. The van der Waals surface area contributed by atoms with Gasteiger partial charge in [0.1, 0.15) is 6.10 Å². The summed E-state index contributed by atoms with van der Waals surface area (Å²) in [6.07, 6.45) is 16.0. The van der Waals surface area contributed by atoms with Crippen molar-refractivity contribution in [1.82, 2.24) is 0 Å². The Bertz CT molecular complexity index is 815. The molecule has 4 nitrogen and oxygen atoms in total. The summed E-state index contributed by atoms with van der Waals surface area (Å²) in [5.74, 6) is 3.68. The number of carbonyl (C=O) groups excluding carboxylic acids is 1. The quantitative estimate of drug-likeness (QED) is 0.267. The van der Waals surface area contributed by atoms with Crippen LogP contribution in [0.4, 0.5) is 0 Å². The van der Waals surface area contributed by atoms with E-state index in [1.54, 1.807) is 0 Å². The zero-order valence-electron chi connectivity index (χ0n) is 23.0. The number of hydrogen-bond donors (Lipinski definition) is 1. The van der Waals surface area contributed by atoms with Gasteiger partial charge in [-0.1, -0.05) is 65.5 Å². The maximum Gasteiger partial charge on any atom is 0.306 e. The molecule has 4 aliphatic carbocycles. The highest BCUT2D eigenvalue weighted by atomic mass is 16.5. The van der Waals surface area contributed by atoms with E-state index in [1.165, 1.54) is 56.9 Å². The third kappa shape index (κ3) is 5.37. The summed E-state index contributed by atoms with van der Waals surface area (Å²) < 4.78 is 5.70. The van der Waals surface area contributed by atoms with Crippen LogP contribution in [-0.2, 0) is 14.3 Å². The van der Waals surface area contributed by atoms with E-state index in [0.29, 0.717) is 5.41 Å². The molecule has 4 heteroatoms. The zero-order chi connectivity index (χ0) is 25.4. The Kier molecular flexibility index (Phi) is 8.08. The van der Waals surface area contributed by atoms with Crippen LogP contribution in [0.1, 0.15) is 118 Å². The Morgan fingerprint density at radius 3 is 2.51 bits per heavy atom. The average Bonchev–Trinajstić information content (AvgIpc) is 3.15. The summed E-state index contributed by atoms with van der Waals surface area (Å²) in [6.45, 7) is 12.4. The molecule has 35 heavy (non-hydrogen) atoms. The topological polar surface area (TPSA) is 63.6 Å². The molecule has 0 bridgehead atoms. The summed E-state index contributed by atoms with van der Waals surface area (Å²) in [4.78, 5) is 22.9. The standard InChI is InChI=1S/C31H50O4/c1-20(2)7-6-8-21(3)25-11-12-26-24-10-9-22-19-23(35-29(34)14-13-28(32)33)15-17-30(22,4)27(24)16-18-31(25,26)5/h9,20-21,23-27H,6-8,10-19H2,1-5H3,(H,32,33)/t21-,23+,24+,25-,26-,27-,30+,31-/m1/s1. The molecule has 0 aliphatic heterocycles. The predicted octanol–water partition coefficient (Wildman–Crippen LogP) is 7.80. The van der Waals surface area contributed by atoms with Crippen molar-refractivity contribution in [3.63, 3.8) is 0 Å². The summed E-state index contributed by atoms with van der Waals surface area (Å²) in [6, 6.07) is 0. The minimum atomic E-state index is -0.942. The fourth-order valence-corrected chi connectivity index (χ4v) is 9.21. The molecule has 4 aliphatic rings. The smallest absolute Gasteiger partial charge is 0.306 e. The maximum absolute atomic E-state index is 12.1. The van der Waals surface area contributed by atoms with E-state index in [2.05, 4.69) is 40.7 Å². The highest BCUT2D eigenvalue weighted by Crippen LogP contribution is 2.67. The predicted molar refractivity (Wildman–Crippen MR) is 140 cm³/mol. The lowest BCUT2D eigenvalue weighted by Crippen LogP contribution is -2.51. The van der Waals surface area contributed by atoms with Crippen LogP contribution in [-0.4, -0.2) is 23.1 Å². The van der Waals surface area contributed by atoms with E-state index < -0.39 is 5.97 Å². The summed E-state index contributed by atoms with van der Waals surface area (Å²) in [5.41, 5.74) is 2.27. The Hall–Kier alpha value is -1.32. The number of rotatable bonds is 9. The maximum atomic E-state index is 12.1. The van der Waals surface area contributed by atoms with E-state index in [9.17, 15) is 9.59 Å². The van der Waals surface area contributed by atoms with Crippen molar-refractivity contribution in [2.45, 2.75) is 124 Å². The Balaban J connectivity index is 1.40. The van der Waals surface area contributed by atoms with Crippen LogP contribution in [0.5, 0.6) is 0 Å². The second kappa shape index (κ2) is 10.6. The third-order valence-corrected chi connectivity index (χ3v) is 11.1. The minimum Gasteiger partial charge on any atom is -0.481 e. The van der Waals surface area contributed by atoms with Gasteiger partial charge in [0, 0.05) is 6.42 Å². The van der Waals surface area contributed by atoms with Crippen LogP contribution >= 0.6 is 0 Å². The molecule has 0 unspecified atom stereocenters. The van der Waals surface area contributed by atoms with Gasteiger partial charge in [-0.2, -0.15) is 0 Å². The highest BCUT2D eigenvalue weighted by Gasteiger charge is 2.59. The zero-order valence-corrected chi connectivity index (χ0v) is 23.0. The van der Waals surface area contributed by atoms with Crippen LogP contribution in [0.25, 0.3) is 0 Å². The molecule has 0 aromatic rings. The first-order valence-corrected chi connectivity index (χ1v) is 14.7. The van der Waals surface area contributed by atoms with Gasteiger partial charge in [0.15, 0.2) is 0 Å². The van der Waals surface area contributed by atoms with Gasteiger partial charge in [0.25, 0.3) is 0 Å². The van der Waals surface area contributed by atoms with Gasteiger partial charge in [-0.3, -0.25) is 9.59 Å². The van der Waals surface area contributed by atoms with Crippen molar-refractivity contribution < 1.29 is 19.4 Å². The second-order valence-electron chi connectivity index (χ2n) is 13.5. The van der Waals surface area contributed by atoms with Crippen molar-refractivity contribution >= 4 is 11.9 Å². The number of aliphatic carboxylic acids is 1. The van der Waals surface area contributed by atoms with Crippen molar-refractivity contribution in [2.75, 3.05) is 0 Å². The molecule has 3 saturated carbocycles. The Morgan fingerprint density at radius 2 is 1.80 bits per heavy atom. The van der Waals surface area contributed by atoms with Gasteiger partial charge >= 0.3 is 11.9 Å². The molecular weight excluding hydrogens is 436 g/mol. The molecule has 0 aromatic heterocycles. The molecule has 0 saturated heterocycles. The van der Waals surface area contributed by atoms with Gasteiger partial charge in [-0.25, -0.2) is 0 Å². The number of fused-ring (bicyclic) bond motifs is 5. The number of esters is 1. The molecule has 0 heterocycles. The second-order valence-corrected chi connectivity index (χ2v) is 13.5. The van der Waals surface area contributed by atoms with Gasteiger partial charge in [-0.05, 0) is 91.3 Å². The number of carboxylic acid groups (broad SMARTS) is 1. The van der Waals surface area contributed by atoms with Crippen molar-refractivity contribution in [3.05, 3.63) is 11.6 Å². The lowest BCUT2D eigenvalue weighted by atomic mass is 9.47. The van der Waals surface area contributed by atoms with Gasteiger partial charge in [-0.15, -0.1) is 0 Å². The van der Waals surface area contributed by atoms with Crippen molar-refractivity contribution in [1.29, 1.82) is 0 Å².